The molecular formula is C12H9N3O3S. The van der Waals surface area contributed by atoms with Gasteiger partial charge in [0.25, 0.3) is 0 Å². The lowest BCUT2D eigenvalue weighted by Crippen LogP contribution is -2.00. The molecule has 3 aromatic rings. The summed E-state index contributed by atoms with van der Waals surface area (Å²) in [6.07, 6.45) is 6.55. The van der Waals surface area contributed by atoms with Gasteiger partial charge in [0.15, 0.2) is 4.96 Å². The van der Waals surface area contributed by atoms with Crippen LogP contribution in [0.15, 0.2) is 36.2 Å². The van der Waals surface area contributed by atoms with E-state index in [1.807, 2.05) is 22.2 Å². The summed E-state index contributed by atoms with van der Waals surface area (Å²) in [5.41, 5.74) is 0.885. The molecule has 0 saturated carbocycles. The SMILES string of the molecule is O=C(O)c1cncc(OCc2cn3ccsc3n2)c1. The van der Waals surface area contributed by atoms with Crippen molar-refractivity contribution in [3.63, 3.8) is 0 Å². The fourth-order valence-electron chi connectivity index (χ4n) is 1.62. The van der Waals surface area contributed by atoms with Crippen molar-refractivity contribution in [2.45, 2.75) is 6.61 Å². The molecule has 3 aromatic heterocycles. The molecule has 7 heteroatoms. The smallest absolute Gasteiger partial charge is 0.337 e. The Bertz CT molecular complexity index is 706. The van der Waals surface area contributed by atoms with E-state index in [2.05, 4.69) is 9.97 Å². The topological polar surface area (TPSA) is 76.7 Å². The molecule has 0 bridgehead atoms. The van der Waals surface area contributed by atoms with Gasteiger partial charge in [0.2, 0.25) is 0 Å². The summed E-state index contributed by atoms with van der Waals surface area (Å²) in [6, 6.07) is 1.44. The van der Waals surface area contributed by atoms with E-state index in [1.165, 1.54) is 18.5 Å². The quantitative estimate of drug-likeness (QED) is 0.788. The van der Waals surface area contributed by atoms with Crippen LogP contribution in [0.25, 0.3) is 4.96 Å². The second-order valence-corrected chi connectivity index (χ2v) is 4.70. The highest BCUT2D eigenvalue weighted by Crippen LogP contribution is 2.15. The zero-order valence-corrected chi connectivity index (χ0v) is 10.5. The molecule has 1 N–H and O–H groups in total. The lowest BCUT2D eigenvalue weighted by molar-refractivity contribution is 0.0696. The second-order valence-electron chi connectivity index (χ2n) is 3.83. The summed E-state index contributed by atoms with van der Waals surface area (Å²) in [5, 5.41) is 10.8. The second kappa shape index (κ2) is 4.69. The van der Waals surface area contributed by atoms with Crippen LogP contribution in [-0.4, -0.2) is 25.4 Å². The summed E-state index contributed by atoms with van der Waals surface area (Å²) >= 11 is 1.54. The monoisotopic (exact) mass is 275 g/mol. The van der Waals surface area contributed by atoms with E-state index >= 15 is 0 Å². The van der Waals surface area contributed by atoms with Crippen LogP contribution < -0.4 is 4.74 Å². The van der Waals surface area contributed by atoms with E-state index in [-0.39, 0.29) is 12.2 Å². The Hall–Kier alpha value is -2.41. The van der Waals surface area contributed by atoms with Gasteiger partial charge in [-0.25, -0.2) is 9.78 Å². The molecule has 0 fully saturated rings. The number of nitrogens with zero attached hydrogens (tertiary/aromatic N) is 3. The zero-order valence-electron chi connectivity index (χ0n) is 9.68. The van der Waals surface area contributed by atoms with E-state index in [0.29, 0.717) is 5.75 Å². The van der Waals surface area contributed by atoms with E-state index in [0.717, 1.165) is 10.7 Å². The lowest BCUT2D eigenvalue weighted by Gasteiger charge is -2.03. The van der Waals surface area contributed by atoms with Crippen LogP contribution in [0.2, 0.25) is 0 Å². The van der Waals surface area contributed by atoms with Crippen molar-refractivity contribution in [2.75, 3.05) is 0 Å². The van der Waals surface area contributed by atoms with Crippen LogP contribution in [0.4, 0.5) is 0 Å². The van der Waals surface area contributed by atoms with Crippen molar-refractivity contribution in [2.24, 2.45) is 0 Å². The molecule has 0 aliphatic heterocycles. The number of imidazole rings is 1. The van der Waals surface area contributed by atoms with Crippen LogP contribution in [0.3, 0.4) is 0 Å². The molecule has 0 amide bonds. The van der Waals surface area contributed by atoms with Crippen LogP contribution in [0.1, 0.15) is 16.1 Å². The van der Waals surface area contributed by atoms with Gasteiger partial charge in [-0.1, -0.05) is 0 Å². The van der Waals surface area contributed by atoms with Gasteiger partial charge in [-0.05, 0) is 6.07 Å². The first-order chi connectivity index (χ1) is 9.22. The number of carboxylic acids is 1. The first kappa shape index (κ1) is 11.7. The van der Waals surface area contributed by atoms with Gasteiger partial charge >= 0.3 is 5.97 Å². The normalized spacial score (nSPS) is 10.7. The Kier molecular flexibility index (Phi) is 2.88. The minimum atomic E-state index is -1.03. The molecule has 19 heavy (non-hydrogen) atoms. The Morgan fingerprint density at radius 1 is 1.47 bits per heavy atom. The predicted octanol–water partition coefficient (Wildman–Crippen LogP) is 2.07. The van der Waals surface area contributed by atoms with Gasteiger partial charge < -0.3 is 9.84 Å². The highest BCUT2D eigenvalue weighted by molar-refractivity contribution is 7.15. The fraction of sp³-hybridized carbons (Fsp3) is 0.0833. The molecule has 0 unspecified atom stereocenters. The number of fused-ring (bicyclic) bond motifs is 1. The van der Waals surface area contributed by atoms with Crippen molar-refractivity contribution in [1.82, 2.24) is 14.4 Å². The number of carboxylic acid groups (broad SMARTS) is 1. The number of pyridine rings is 1. The van der Waals surface area contributed by atoms with Gasteiger partial charge in [0.05, 0.1) is 17.5 Å². The summed E-state index contributed by atoms with van der Waals surface area (Å²) < 4.78 is 7.40. The highest BCUT2D eigenvalue weighted by Gasteiger charge is 2.07. The van der Waals surface area contributed by atoms with E-state index in [9.17, 15) is 4.79 Å². The minimum absolute atomic E-state index is 0.100. The number of rotatable bonds is 4. The van der Waals surface area contributed by atoms with Crippen LogP contribution in [0, 0.1) is 0 Å². The molecule has 3 rings (SSSR count). The molecular weight excluding hydrogens is 266 g/mol. The predicted molar refractivity (Wildman–Crippen MR) is 68.6 cm³/mol. The summed E-state index contributed by atoms with van der Waals surface area (Å²) in [5.74, 6) is -0.614. The molecule has 0 spiro atoms. The summed E-state index contributed by atoms with van der Waals surface area (Å²) in [7, 11) is 0. The van der Waals surface area contributed by atoms with Crippen molar-refractivity contribution in [3.05, 3.63) is 47.5 Å². The van der Waals surface area contributed by atoms with Crippen molar-refractivity contribution < 1.29 is 14.6 Å². The Labute approximate surface area is 111 Å². The van der Waals surface area contributed by atoms with Gasteiger partial charge in [-0.3, -0.25) is 9.38 Å². The van der Waals surface area contributed by atoms with E-state index < -0.39 is 5.97 Å². The molecule has 0 aromatic carbocycles. The van der Waals surface area contributed by atoms with Gasteiger partial charge in [-0.15, -0.1) is 11.3 Å². The first-order valence-electron chi connectivity index (χ1n) is 5.44. The molecule has 3 heterocycles. The minimum Gasteiger partial charge on any atom is -0.486 e. The maximum absolute atomic E-state index is 10.8. The van der Waals surface area contributed by atoms with Gasteiger partial charge in [0, 0.05) is 24.0 Å². The zero-order chi connectivity index (χ0) is 13.2. The van der Waals surface area contributed by atoms with E-state index in [1.54, 1.807) is 11.3 Å². The number of hydrogen-bond acceptors (Lipinski definition) is 5. The Morgan fingerprint density at radius 2 is 2.37 bits per heavy atom. The van der Waals surface area contributed by atoms with Crippen LogP contribution >= 0.6 is 11.3 Å². The number of hydrogen-bond donors (Lipinski definition) is 1. The standard InChI is InChI=1S/C12H9N3O3S/c16-11(17)8-3-10(5-13-4-8)18-7-9-6-15-1-2-19-12(15)14-9/h1-6H,7H2,(H,16,17). The first-order valence-corrected chi connectivity index (χ1v) is 6.32. The number of ether oxygens (including phenoxy) is 1. The molecule has 96 valence electrons. The van der Waals surface area contributed by atoms with Gasteiger partial charge in [0.1, 0.15) is 12.4 Å². The van der Waals surface area contributed by atoms with Crippen molar-refractivity contribution in [1.29, 1.82) is 0 Å². The van der Waals surface area contributed by atoms with Crippen LogP contribution in [0.5, 0.6) is 5.75 Å². The molecule has 0 aliphatic rings. The highest BCUT2D eigenvalue weighted by atomic mass is 32.1. The molecule has 0 saturated heterocycles. The number of thiazole rings is 1. The third kappa shape index (κ3) is 2.41. The van der Waals surface area contributed by atoms with Crippen molar-refractivity contribution in [3.8, 4) is 5.75 Å². The largest absolute Gasteiger partial charge is 0.486 e. The van der Waals surface area contributed by atoms with Crippen LogP contribution in [-0.2, 0) is 6.61 Å². The number of aromatic carboxylic acids is 1. The maximum Gasteiger partial charge on any atom is 0.337 e. The average Bonchev–Trinajstić information content (AvgIpc) is 2.97. The molecule has 0 atom stereocenters. The van der Waals surface area contributed by atoms with Crippen molar-refractivity contribution >= 4 is 22.3 Å². The fourth-order valence-corrected chi connectivity index (χ4v) is 2.34. The van der Waals surface area contributed by atoms with E-state index in [4.69, 9.17) is 9.84 Å². The summed E-state index contributed by atoms with van der Waals surface area (Å²) in [4.78, 5) is 19.9. The average molecular weight is 275 g/mol. The third-order valence-corrected chi connectivity index (χ3v) is 3.26. The van der Waals surface area contributed by atoms with Gasteiger partial charge in [-0.2, -0.15) is 0 Å². The molecule has 0 aliphatic carbocycles. The Morgan fingerprint density at radius 3 is 3.16 bits per heavy atom. The summed E-state index contributed by atoms with van der Waals surface area (Å²) in [6.45, 7) is 0.277. The maximum atomic E-state index is 10.8. The lowest BCUT2D eigenvalue weighted by atomic mass is 10.3. The Balaban J connectivity index is 1.73. The number of aromatic nitrogens is 3. The molecule has 6 nitrogen and oxygen atoms in total. The third-order valence-electron chi connectivity index (χ3n) is 2.49. The number of carbonyl (C=O) groups is 1. The molecule has 0 radical (unpaired) electrons.